The van der Waals surface area contributed by atoms with Gasteiger partial charge >= 0.3 is 0 Å². The van der Waals surface area contributed by atoms with E-state index in [2.05, 4.69) is 44.8 Å². The number of pyridine rings is 1. The summed E-state index contributed by atoms with van der Waals surface area (Å²) in [6.45, 7) is 10.4. The summed E-state index contributed by atoms with van der Waals surface area (Å²) in [5.41, 5.74) is 14.4. The van der Waals surface area contributed by atoms with E-state index < -0.39 is 0 Å². The Labute approximate surface area is 126 Å². The molecule has 0 saturated heterocycles. The fourth-order valence-corrected chi connectivity index (χ4v) is 3.19. The second kappa shape index (κ2) is 5.76. The molecule has 0 aliphatic rings. The van der Waals surface area contributed by atoms with E-state index in [1.54, 1.807) is 0 Å². The van der Waals surface area contributed by atoms with Crippen LogP contribution in [0.3, 0.4) is 0 Å². The number of hydrogen-bond donors (Lipinski definition) is 2. The molecule has 0 fully saturated rings. The van der Waals surface area contributed by atoms with Crippen LogP contribution in [0.4, 0.5) is 5.69 Å². The van der Waals surface area contributed by atoms with E-state index in [4.69, 9.17) is 5.73 Å². The summed E-state index contributed by atoms with van der Waals surface area (Å²) in [5.74, 6) is 0. The lowest BCUT2D eigenvalue weighted by Gasteiger charge is -2.17. The van der Waals surface area contributed by atoms with Gasteiger partial charge in [0, 0.05) is 12.1 Å². The van der Waals surface area contributed by atoms with Crippen molar-refractivity contribution in [3.05, 3.63) is 61.6 Å². The predicted octanol–water partition coefficient (Wildman–Crippen LogP) is 3.34. The monoisotopic (exact) mass is 284 g/mol. The fourth-order valence-electron chi connectivity index (χ4n) is 3.19. The van der Waals surface area contributed by atoms with Gasteiger partial charge in [0.05, 0.1) is 0 Å². The fraction of sp³-hybridized carbons (Fsp3) is 0.389. The largest absolute Gasteiger partial charge is 0.394 e. The number of aromatic amines is 1. The summed E-state index contributed by atoms with van der Waals surface area (Å²) in [7, 11) is 0. The zero-order valence-corrected chi connectivity index (χ0v) is 13.6. The normalized spacial score (nSPS) is 10.9. The number of benzene rings is 1. The van der Waals surface area contributed by atoms with Gasteiger partial charge in [-0.25, -0.2) is 0 Å². The highest BCUT2D eigenvalue weighted by molar-refractivity contribution is 5.54. The molecule has 0 aliphatic carbocycles. The lowest BCUT2D eigenvalue weighted by molar-refractivity contribution is 0.972. The van der Waals surface area contributed by atoms with Crippen LogP contribution < -0.4 is 11.3 Å². The van der Waals surface area contributed by atoms with Gasteiger partial charge in [-0.3, -0.25) is 4.79 Å². The smallest absolute Gasteiger partial charge is 0.271 e. The van der Waals surface area contributed by atoms with Crippen molar-refractivity contribution in [3.8, 4) is 0 Å². The maximum Gasteiger partial charge on any atom is 0.271 e. The second-order valence-electron chi connectivity index (χ2n) is 5.86. The van der Waals surface area contributed by atoms with Crippen LogP contribution in [0, 0.1) is 27.7 Å². The lowest BCUT2D eigenvalue weighted by Crippen LogP contribution is -2.19. The van der Waals surface area contributed by atoms with Gasteiger partial charge in [-0.2, -0.15) is 0 Å². The molecule has 0 bridgehead atoms. The summed E-state index contributed by atoms with van der Waals surface area (Å²) in [4.78, 5) is 14.8. The average Bonchev–Trinajstić information content (AvgIpc) is 2.39. The molecular formula is C18H24N2O. The van der Waals surface area contributed by atoms with Gasteiger partial charge in [0.15, 0.2) is 0 Å². The molecule has 112 valence electrons. The van der Waals surface area contributed by atoms with Crippen molar-refractivity contribution in [2.24, 2.45) is 0 Å². The Balaban J connectivity index is 2.62. The minimum atomic E-state index is -0.179. The quantitative estimate of drug-likeness (QED) is 0.908. The van der Waals surface area contributed by atoms with Gasteiger partial charge < -0.3 is 10.7 Å². The third-order valence-electron chi connectivity index (χ3n) is 4.24. The van der Waals surface area contributed by atoms with Crippen LogP contribution in [0.15, 0.2) is 16.9 Å². The maximum absolute atomic E-state index is 12.0. The van der Waals surface area contributed by atoms with Crippen molar-refractivity contribution in [2.75, 3.05) is 5.73 Å². The molecule has 3 nitrogen and oxygen atoms in total. The predicted molar refractivity (Wildman–Crippen MR) is 89.0 cm³/mol. The van der Waals surface area contributed by atoms with E-state index in [0.717, 1.165) is 29.7 Å². The third-order valence-corrected chi connectivity index (χ3v) is 4.24. The van der Waals surface area contributed by atoms with Gasteiger partial charge in [-0.15, -0.1) is 0 Å². The second-order valence-corrected chi connectivity index (χ2v) is 5.86. The van der Waals surface area contributed by atoms with Crippen molar-refractivity contribution in [2.45, 2.75) is 47.5 Å². The van der Waals surface area contributed by atoms with Crippen molar-refractivity contribution < 1.29 is 0 Å². The molecule has 0 aliphatic heterocycles. The molecule has 1 heterocycles. The number of rotatable bonds is 3. The summed E-state index contributed by atoms with van der Waals surface area (Å²) < 4.78 is 0. The molecular weight excluding hydrogens is 260 g/mol. The third kappa shape index (κ3) is 2.87. The van der Waals surface area contributed by atoms with Crippen molar-refractivity contribution in [3.63, 3.8) is 0 Å². The van der Waals surface area contributed by atoms with E-state index in [-0.39, 0.29) is 5.56 Å². The molecule has 1 aromatic carbocycles. The molecule has 21 heavy (non-hydrogen) atoms. The number of nitrogens with two attached hydrogens (primary N) is 1. The minimum Gasteiger partial charge on any atom is -0.394 e. The Hall–Kier alpha value is -2.03. The zero-order chi connectivity index (χ0) is 15.7. The molecule has 1 aromatic heterocycles. The van der Waals surface area contributed by atoms with E-state index in [9.17, 15) is 4.79 Å². The van der Waals surface area contributed by atoms with Crippen molar-refractivity contribution >= 4 is 5.69 Å². The highest BCUT2D eigenvalue weighted by atomic mass is 16.1. The zero-order valence-electron chi connectivity index (χ0n) is 13.6. The first-order chi connectivity index (χ1) is 9.85. The van der Waals surface area contributed by atoms with Gasteiger partial charge in [-0.1, -0.05) is 24.6 Å². The van der Waals surface area contributed by atoms with Gasteiger partial charge in [-0.05, 0) is 61.9 Å². The van der Waals surface area contributed by atoms with Gasteiger partial charge in [0.25, 0.3) is 5.56 Å². The number of nitrogen functional groups attached to an aromatic ring is 1. The molecule has 0 radical (unpaired) electrons. The van der Waals surface area contributed by atoms with Crippen molar-refractivity contribution in [1.82, 2.24) is 4.98 Å². The molecule has 0 atom stereocenters. The van der Waals surface area contributed by atoms with Crippen LogP contribution in [0.5, 0.6) is 0 Å². The summed E-state index contributed by atoms with van der Waals surface area (Å²) in [6.07, 6.45) is 1.59. The lowest BCUT2D eigenvalue weighted by atomic mass is 9.90. The number of aromatic nitrogens is 1. The maximum atomic E-state index is 12.0. The van der Waals surface area contributed by atoms with Crippen LogP contribution in [-0.2, 0) is 12.8 Å². The van der Waals surface area contributed by atoms with E-state index >= 15 is 0 Å². The minimum absolute atomic E-state index is 0.179. The van der Waals surface area contributed by atoms with E-state index in [1.807, 2.05) is 6.92 Å². The number of hydrogen-bond acceptors (Lipinski definition) is 2. The molecule has 2 aromatic rings. The molecule has 0 unspecified atom stereocenters. The van der Waals surface area contributed by atoms with Gasteiger partial charge in [0.1, 0.15) is 5.69 Å². The van der Waals surface area contributed by atoms with Crippen LogP contribution in [0.25, 0.3) is 0 Å². The molecule has 3 N–H and O–H groups in total. The topological polar surface area (TPSA) is 58.9 Å². The Morgan fingerprint density at radius 2 is 1.57 bits per heavy atom. The molecule has 0 spiro atoms. The Morgan fingerprint density at radius 3 is 2.10 bits per heavy atom. The Kier molecular flexibility index (Phi) is 4.21. The van der Waals surface area contributed by atoms with Gasteiger partial charge in [0.2, 0.25) is 0 Å². The van der Waals surface area contributed by atoms with E-state index in [1.165, 1.54) is 22.3 Å². The van der Waals surface area contributed by atoms with Crippen LogP contribution in [0.1, 0.15) is 46.0 Å². The molecule has 2 rings (SSSR count). The van der Waals surface area contributed by atoms with Crippen LogP contribution >= 0.6 is 0 Å². The SMILES string of the molecule is CCc1c(C)[nH]c(=O)c(N)c1Cc1c(C)cc(C)cc1C. The summed E-state index contributed by atoms with van der Waals surface area (Å²) in [5, 5.41) is 0. The van der Waals surface area contributed by atoms with Crippen LogP contribution in [0.2, 0.25) is 0 Å². The van der Waals surface area contributed by atoms with E-state index in [0.29, 0.717) is 5.69 Å². The number of H-pyrrole nitrogens is 1. The van der Waals surface area contributed by atoms with Crippen molar-refractivity contribution in [1.29, 1.82) is 0 Å². The molecule has 0 saturated carbocycles. The number of aryl methyl sites for hydroxylation is 4. The Bertz CT molecular complexity index is 719. The standard InChI is InChI=1S/C18H24N2O/c1-6-14-13(5)20-18(21)17(19)16(14)9-15-11(3)7-10(2)8-12(15)4/h7-8H,6,9,19H2,1-5H3,(H,20,21). The molecule has 3 heteroatoms. The highest BCUT2D eigenvalue weighted by Crippen LogP contribution is 2.25. The first kappa shape index (κ1) is 15.4. The highest BCUT2D eigenvalue weighted by Gasteiger charge is 2.15. The Morgan fingerprint density at radius 1 is 1.00 bits per heavy atom. The number of nitrogens with one attached hydrogen (secondary N) is 1. The van der Waals surface area contributed by atoms with Crippen LogP contribution in [-0.4, -0.2) is 4.98 Å². The first-order valence-electron chi connectivity index (χ1n) is 7.42. The summed E-state index contributed by atoms with van der Waals surface area (Å²) in [6, 6.07) is 4.37. The summed E-state index contributed by atoms with van der Waals surface area (Å²) >= 11 is 0. The number of anilines is 1. The first-order valence-corrected chi connectivity index (χ1v) is 7.42. The molecule has 0 amide bonds. The average molecular weight is 284 g/mol.